The second-order valence-electron chi connectivity index (χ2n) is 8.10. The minimum atomic E-state index is -0.329. The maximum Gasteiger partial charge on any atom is 0.180 e. The highest BCUT2D eigenvalue weighted by Gasteiger charge is 2.21. The number of anilines is 1. The third-order valence-electron chi connectivity index (χ3n) is 6.06. The van der Waals surface area contributed by atoms with Crippen LogP contribution in [0.2, 0.25) is 0 Å². The van der Waals surface area contributed by atoms with Gasteiger partial charge in [-0.15, -0.1) is 0 Å². The number of nitrogens with zero attached hydrogens (tertiary/aromatic N) is 6. The Kier molecular flexibility index (Phi) is 4.36. The molecule has 5 heterocycles. The van der Waals surface area contributed by atoms with Crippen LogP contribution >= 0.6 is 0 Å². The van der Waals surface area contributed by atoms with E-state index in [2.05, 4.69) is 42.0 Å². The van der Waals surface area contributed by atoms with Crippen LogP contribution in [-0.2, 0) is 0 Å². The Morgan fingerprint density at radius 2 is 1.94 bits per heavy atom. The first-order valence-electron chi connectivity index (χ1n) is 10.5. The number of aromatic amines is 2. The van der Waals surface area contributed by atoms with E-state index in [9.17, 15) is 4.39 Å². The lowest BCUT2D eigenvalue weighted by molar-refractivity contribution is 0.313. The highest BCUT2D eigenvalue weighted by atomic mass is 19.1. The summed E-state index contributed by atoms with van der Waals surface area (Å²) in [6, 6.07) is 8.91. The molecule has 0 unspecified atom stereocenters. The standard InChI is InChI=1S/C23H21FN8/c1-31-7-9-32(10-8-31)19-4-6-26-22-21(19)27-23(28-22)20-16-11-15(14-3-2-5-25-13-14)17(24)12-18(16)29-30-20/h2-6,11-13H,7-10H2,1H3,(H,29,30)(H,26,27,28). The molecule has 0 bridgehead atoms. The number of aromatic nitrogens is 6. The van der Waals surface area contributed by atoms with Gasteiger partial charge in [-0.2, -0.15) is 5.10 Å². The minimum Gasteiger partial charge on any atom is -0.367 e. The number of hydrogen-bond donors (Lipinski definition) is 2. The van der Waals surface area contributed by atoms with E-state index in [4.69, 9.17) is 4.98 Å². The van der Waals surface area contributed by atoms with Gasteiger partial charge < -0.3 is 14.8 Å². The summed E-state index contributed by atoms with van der Waals surface area (Å²) in [5, 5.41) is 8.15. The second kappa shape index (κ2) is 7.38. The number of piperazine rings is 1. The van der Waals surface area contributed by atoms with Gasteiger partial charge in [0.25, 0.3) is 0 Å². The summed E-state index contributed by atoms with van der Waals surface area (Å²) in [5.74, 6) is 0.272. The van der Waals surface area contributed by atoms with E-state index in [1.54, 1.807) is 30.7 Å². The molecule has 5 aromatic rings. The van der Waals surface area contributed by atoms with E-state index in [-0.39, 0.29) is 5.82 Å². The van der Waals surface area contributed by atoms with Crippen molar-refractivity contribution >= 4 is 27.8 Å². The van der Waals surface area contributed by atoms with Crippen LogP contribution in [-0.4, -0.2) is 68.3 Å². The van der Waals surface area contributed by atoms with Gasteiger partial charge in [-0.05, 0) is 25.2 Å². The van der Waals surface area contributed by atoms with Crippen molar-refractivity contribution in [3.05, 3.63) is 54.7 Å². The molecule has 8 nitrogen and oxygen atoms in total. The van der Waals surface area contributed by atoms with Crippen LogP contribution in [0, 0.1) is 5.82 Å². The molecule has 1 aromatic carbocycles. The SMILES string of the molecule is CN1CCN(c2ccnc3nc(-c4n[nH]c5cc(F)c(-c6cccnc6)cc45)[nH]c23)CC1. The van der Waals surface area contributed by atoms with Crippen molar-refractivity contribution in [2.24, 2.45) is 0 Å². The molecule has 0 aliphatic carbocycles. The van der Waals surface area contributed by atoms with Crippen molar-refractivity contribution in [1.29, 1.82) is 0 Å². The molecule has 1 saturated heterocycles. The number of halogens is 1. The summed E-state index contributed by atoms with van der Waals surface area (Å²) >= 11 is 0. The quantitative estimate of drug-likeness (QED) is 0.458. The summed E-state index contributed by atoms with van der Waals surface area (Å²) in [5.41, 5.74) is 5.04. The topological polar surface area (TPSA) is 89.6 Å². The Hall–Kier alpha value is -3.85. The zero-order valence-corrected chi connectivity index (χ0v) is 17.5. The molecule has 0 spiro atoms. The van der Waals surface area contributed by atoms with Crippen LogP contribution in [0.1, 0.15) is 0 Å². The maximum absolute atomic E-state index is 14.8. The number of rotatable bonds is 3. The number of pyridine rings is 2. The van der Waals surface area contributed by atoms with Crippen molar-refractivity contribution in [1.82, 2.24) is 35.0 Å². The molecule has 6 rings (SSSR count). The van der Waals surface area contributed by atoms with Gasteiger partial charge in [0, 0.05) is 67.3 Å². The molecular weight excluding hydrogens is 407 g/mol. The van der Waals surface area contributed by atoms with Gasteiger partial charge in [-0.3, -0.25) is 10.1 Å². The normalized spacial score (nSPS) is 15.1. The van der Waals surface area contributed by atoms with E-state index in [1.807, 2.05) is 12.1 Å². The molecule has 0 amide bonds. The first kappa shape index (κ1) is 18.9. The molecule has 0 atom stereocenters. The fraction of sp³-hybridized carbons (Fsp3) is 0.217. The highest BCUT2D eigenvalue weighted by molar-refractivity contribution is 5.96. The number of nitrogens with one attached hydrogen (secondary N) is 2. The van der Waals surface area contributed by atoms with Crippen LogP contribution < -0.4 is 4.90 Å². The minimum absolute atomic E-state index is 0.329. The first-order chi connectivity index (χ1) is 15.7. The lowest BCUT2D eigenvalue weighted by Crippen LogP contribution is -2.44. The van der Waals surface area contributed by atoms with Crippen molar-refractivity contribution < 1.29 is 4.39 Å². The zero-order chi connectivity index (χ0) is 21.7. The molecule has 4 aromatic heterocycles. The van der Waals surface area contributed by atoms with Gasteiger partial charge in [0.15, 0.2) is 11.5 Å². The van der Waals surface area contributed by atoms with Crippen LogP contribution in [0.25, 0.3) is 44.7 Å². The Balaban J connectivity index is 1.46. The maximum atomic E-state index is 14.8. The van der Waals surface area contributed by atoms with Crippen LogP contribution in [0.3, 0.4) is 0 Å². The molecular formula is C23H21FN8. The van der Waals surface area contributed by atoms with E-state index in [0.717, 1.165) is 42.8 Å². The second-order valence-corrected chi connectivity index (χ2v) is 8.10. The Morgan fingerprint density at radius 1 is 1.06 bits per heavy atom. The molecule has 9 heteroatoms. The van der Waals surface area contributed by atoms with Gasteiger partial charge in [0.2, 0.25) is 0 Å². The van der Waals surface area contributed by atoms with Crippen LogP contribution in [0.15, 0.2) is 48.9 Å². The summed E-state index contributed by atoms with van der Waals surface area (Å²) in [6.45, 7) is 3.92. The fourth-order valence-electron chi connectivity index (χ4n) is 4.28. The number of hydrogen-bond acceptors (Lipinski definition) is 6. The summed E-state index contributed by atoms with van der Waals surface area (Å²) in [6.07, 6.45) is 5.11. The summed E-state index contributed by atoms with van der Waals surface area (Å²) < 4.78 is 14.8. The van der Waals surface area contributed by atoms with Gasteiger partial charge in [-0.25, -0.2) is 14.4 Å². The van der Waals surface area contributed by atoms with Crippen molar-refractivity contribution in [2.45, 2.75) is 0 Å². The first-order valence-corrected chi connectivity index (χ1v) is 10.5. The van der Waals surface area contributed by atoms with Crippen LogP contribution in [0.5, 0.6) is 0 Å². The predicted octanol–water partition coefficient (Wildman–Crippen LogP) is 3.45. The molecule has 2 N–H and O–H groups in total. The third kappa shape index (κ3) is 3.09. The fourth-order valence-corrected chi connectivity index (χ4v) is 4.28. The van der Waals surface area contributed by atoms with E-state index >= 15 is 0 Å². The lowest BCUT2D eigenvalue weighted by Gasteiger charge is -2.34. The molecule has 160 valence electrons. The number of benzene rings is 1. The number of likely N-dealkylation sites (N-methyl/N-ethyl adjacent to an activating group) is 1. The molecule has 0 saturated carbocycles. The molecule has 0 radical (unpaired) electrons. The predicted molar refractivity (Wildman–Crippen MR) is 122 cm³/mol. The number of fused-ring (bicyclic) bond motifs is 2. The monoisotopic (exact) mass is 428 g/mol. The Labute approximate surface area is 183 Å². The van der Waals surface area contributed by atoms with E-state index < -0.39 is 0 Å². The zero-order valence-electron chi connectivity index (χ0n) is 17.5. The van der Waals surface area contributed by atoms with Gasteiger partial charge in [0.05, 0.1) is 11.2 Å². The highest BCUT2D eigenvalue weighted by Crippen LogP contribution is 2.33. The van der Waals surface area contributed by atoms with Crippen molar-refractivity contribution in [2.75, 3.05) is 38.1 Å². The Bertz CT molecular complexity index is 1420. The number of imidazole rings is 1. The van der Waals surface area contributed by atoms with Crippen molar-refractivity contribution in [3.8, 4) is 22.6 Å². The van der Waals surface area contributed by atoms with Crippen molar-refractivity contribution in [3.63, 3.8) is 0 Å². The number of H-pyrrole nitrogens is 2. The van der Waals surface area contributed by atoms with Gasteiger partial charge >= 0.3 is 0 Å². The van der Waals surface area contributed by atoms with E-state index in [0.29, 0.717) is 33.8 Å². The molecule has 1 fully saturated rings. The van der Waals surface area contributed by atoms with Crippen LogP contribution in [0.4, 0.5) is 10.1 Å². The average molecular weight is 428 g/mol. The lowest BCUT2D eigenvalue weighted by atomic mass is 10.0. The average Bonchev–Trinajstić information content (AvgIpc) is 3.43. The van der Waals surface area contributed by atoms with Gasteiger partial charge in [0.1, 0.15) is 17.0 Å². The smallest absolute Gasteiger partial charge is 0.180 e. The summed E-state index contributed by atoms with van der Waals surface area (Å²) in [7, 11) is 2.14. The summed E-state index contributed by atoms with van der Waals surface area (Å²) in [4.78, 5) is 21.4. The Morgan fingerprint density at radius 3 is 2.75 bits per heavy atom. The third-order valence-corrected chi connectivity index (χ3v) is 6.06. The largest absolute Gasteiger partial charge is 0.367 e. The molecule has 1 aliphatic heterocycles. The molecule has 1 aliphatic rings. The van der Waals surface area contributed by atoms with E-state index in [1.165, 1.54) is 6.07 Å². The molecule has 32 heavy (non-hydrogen) atoms. The van der Waals surface area contributed by atoms with Gasteiger partial charge in [-0.1, -0.05) is 6.07 Å².